The van der Waals surface area contributed by atoms with Crippen molar-refractivity contribution in [1.29, 1.82) is 0 Å². The van der Waals surface area contributed by atoms with Crippen LogP contribution in [0.3, 0.4) is 0 Å². The number of aliphatic carboxylic acids is 1. The summed E-state index contributed by atoms with van der Waals surface area (Å²) >= 11 is 0. The molecule has 0 aromatic carbocycles. The number of hydrogen-bond acceptors (Lipinski definition) is 16. The topological polar surface area (TPSA) is 209 Å². The third-order valence-electron chi connectivity index (χ3n) is 16.8. The Morgan fingerprint density at radius 3 is 2.09 bits per heavy atom. The fraction of sp³-hybridized carbons (Fsp3) is 0.979. The van der Waals surface area contributed by atoms with Crippen LogP contribution in [0.1, 0.15) is 120 Å². The van der Waals surface area contributed by atoms with E-state index in [0.29, 0.717) is 38.5 Å². The summed E-state index contributed by atoms with van der Waals surface area (Å²) in [4.78, 5) is 11.9. The maximum atomic E-state index is 11.9. The molecule has 17 heteroatoms. The number of hydrogen-bond donors (Lipinski definition) is 4. The van der Waals surface area contributed by atoms with Crippen LogP contribution >= 0.6 is 0 Å². The molecule has 0 aromatic heterocycles. The summed E-state index contributed by atoms with van der Waals surface area (Å²) in [7, 11) is 6.37. The van der Waals surface area contributed by atoms with E-state index in [2.05, 4.69) is 13.8 Å². The van der Waals surface area contributed by atoms with E-state index in [9.17, 15) is 25.2 Å². The summed E-state index contributed by atoms with van der Waals surface area (Å²) in [5.41, 5.74) is -1.60. The van der Waals surface area contributed by atoms with Crippen molar-refractivity contribution in [3.05, 3.63) is 0 Å². The minimum Gasteiger partial charge on any atom is -0.481 e. The van der Waals surface area contributed by atoms with E-state index in [1.54, 1.807) is 28.1 Å². The molecule has 0 unspecified atom stereocenters. The molecule has 0 amide bonds. The van der Waals surface area contributed by atoms with E-state index in [0.717, 1.165) is 6.42 Å². The van der Waals surface area contributed by atoms with Crippen LogP contribution < -0.4 is 0 Å². The predicted molar refractivity (Wildman–Crippen MR) is 228 cm³/mol. The highest BCUT2D eigenvalue weighted by Crippen LogP contribution is 2.55. The van der Waals surface area contributed by atoms with Crippen molar-refractivity contribution in [2.24, 2.45) is 29.6 Å². The molecule has 4 N–H and O–H groups in total. The van der Waals surface area contributed by atoms with E-state index in [1.807, 2.05) is 34.6 Å². The Morgan fingerprint density at radius 2 is 1.45 bits per heavy atom. The summed E-state index contributed by atoms with van der Waals surface area (Å²) in [5, 5.41) is 44.3. The van der Waals surface area contributed by atoms with Crippen molar-refractivity contribution in [2.45, 2.75) is 234 Å². The number of rotatable bonds is 13. The van der Waals surface area contributed by atoms with Crippen LogP contribution in [0.2, 0.25) is 0 Å². The van der Waals surface area contributed by atoms with Gasteiger partial charge in [0.15, 0.2) is 23.7 Å². The molecule has 7 heterocycles. The van der Waals surface area contributed by atoms with E-state index in [-0.39, 0.29) is 60.8 Å². The number of aliphatic hydroxyl groups excluding tert-OH is 1. The highest BCUT2D eigenvalue weighted by molar-refractivity contribution is 5.68. The molecule has 0 saturated carbocycles. The molecule has 0 aliphatic carbocycles. The first-order chi connectivity index (χ1) is 30.0. The van der Waals surface area contributed by atoms with Crippen LogP contribution in [0.5, 0.6) is 0 Å². The van der Waals surface area contributed by atoms with Crippen molar-refractivity contribution < 1.29 is 82.1 Å². The van der Waals surface area contributed by atoms with Crippen LogP contribution in [0.25, 0.3) is 0 Å². The lowest BCUT2D eigenvalue weighted by Gasteiger charge is -2.53. The smallest absolute Gasteiger partial charge is 0.308 e. The molecule has 7 rings (SSSR count). The monoisotopic (exact) mass is 917 g/mol. The fourth-order valence-corrected chi connectivity index (χ4v) is 12.7. The van der Waals surface area contributed by atoms with E-state index in [4.69, 9.17) is 56.8 Å². The molecular weight excluding hydrogens is 836 g/mol. The molecule has 7 aliphatic rings. The van der Waals surface area contributed by atoms with Gasteiger partial charge in [-0.05, 0) is 59.3 Å². The van der Waals surface area contributed by atoms with Crippen molar-refractivity contribution in [3.63, 3.8) is 0 Å². The number of carboxylic acid groups (broad SMARTS) is 1. The SMILES string of the molecule is CO[C@@H]1[C@@H](OC)[C@H](C)[C@](O)(CC(=O)O)O[C@H]1[C@H](C)[C@H]1O[C@@]2(CC[C@](C)([C@H]3CC[C@@](C)([C@@H]4O[C@H]([C@H]5O[C@](C)(O)[C@H](C)C[C@@H]5C)C[C@@H]4O[C@@H]4C[C@H](OC)[C@@H](OC)[C@H](C)O4)O3)O2)C[C@H](O)[C@H]1C. The fourth-order valence-electron chi connectivity index (χ4n) is 12.7. The minimum absolute atomic E-state index is 0.0406. The van der Waals surface area contributed by atoms with E-state index in [1.165, 1.54) is 14.2 Å². The molecule has 0 aromatic rings. The van der Waals surface area contributed by atoms with Gasteiger partial charge in [0.05, 0.1) is 78.7 Å². The number of ether oxygens (including phenoxy) is 12. The van der Waals surface area contributed by atoms with Crippen molar-refractivity contribution in [1.82, 2.24) is 0 Å². The van der Waals surface area contributed by atoms with Crippen molar-refractivity contribution in [3.8, 4) is 0 Å². The summed E-state index contributed by atoms with van der Waals surface area (Å²) in [5.74, 6) is -7.18. The second kappa shape index (κ2) is 19.0. The molecule has 370 valence electrons. The summed E-state index contributed by atoms with van der Waals surface area (Å²) < 4.78 is 77.6. The molecule has 0 radical (unpaired) electrons. The first kappa shape index (κ1) is 50.7. The molecule has 24 atom stereocenters. The molecule has 7 aliphatic heterocycles. The van der Waals surface area contributed by atoms with Crippen LogP contribution in [0.4, 0.5) is 0 Å². The van der Waals surface area contributed by atoms with Gasteiger partial charge in [-0.25, -0.2) is 0 Å². The average molecular weight is 917 g/mol. The number of aliphatic hydroxyl groups is 3. The minimum atomic E-state index is -2.03. The average Bonchev–Trinajstić information content (AvgIpc) is 3.94. The van der Waals surface area contributed by atoms with Gasteiger partial charge < -0.3 is 77.3 Å². The number of methoxy groups -OCH3 is 4. The Kier molecular flexibility index (Phi) is 15.1. The van der Waals surface area contributed by atoms with Crippen LogP contribution in [-0.2, 0) is 61.6 Å². The van der Waals surface area contributed by atoms with Crippen molar-refractivity contribution in [2.75, 3.05) is 28.4 Å². The molecule has 17 nitrogen and oxygen atoms in total. The number of carboxylic acids is 1. The molecular formula is C47H80O17. The van der Waals surface area contributed by atoms with Crippen molar-refractivity contribution >= 4 is 5.97 Å². The van der Waals surface area contributed by atoms with Crippen LogP contribution in [0, 0.1) is 29.6 Å². The van der Waals surface area contributed by atoms with Gasteiger partial charge in [-0.2, -0.15) is 0 Å². The zero-order valence-electron chi connectivity index (χ0n) is 40.4. The third-order valence-corrected chi connectivity index (χ3v) is 16.8. The maximum absolute atomic E-state index is 11.9. The molecule has 1 spiro atoms. The Bertz CT molecular complexity index is 1600. The standard InChI is InChI=1S/C47H80O17/c1-23-18-24(2)45(9,51)61-36(23)31-19-32(58-35-20-30(53-10)40(55-12)28(6)57-35)42(59-31)44(8)15-14-33(60-44)43(7)16-17-46(64-43)21-29(48)25(3)37(62-46)26(4)38-41(56-13)39(54-11)27(5)47(52,63-38)22-34(49)50/h23-33,35-42,48,51-52H,14-22H2,1-13H3,(H,49,50)/t23-,24+,25+,26+,27-,28-,29-,30-,31-,32-,33+,35+,36-,37-,38-,39-,40-,41-,42+,43+,44-,45-,46+,47-/m0/s1. The van der Waals surface area contributed by atoms with Gasteiger partial charge in [0.1, 0.15) is 18.3 Å². The Balaban J connectivity index is 1.09. The summed E-state index contributed by atoms with van der Waals surface area (Å²) in [6, 6.07) is 0. The highest BCUT2D eigenvalue weighted by Gasteiger charge is 2.64. The van der Waals surface area contributed by atoms with E-state index < -0.39 is 102 Å². The van der Waals surface area contributed by atoms with Crippen LogP contribution in [0.15, 0.2) is 0 Å². The first-order valence-corrected chi connectivity index (χ1v) is 23.8. The van der Waals surface area contributed by atoms with Gasteiger partial charge in [0, 0.05) is 77.8 Å². The van der Waals surface area contributed by atoms with Gasteiger partial charge in [0.2, 0.25) is 0 Å². The summed E-state index contributed by atoms with van der Waals surface area (Å²) in [6.07, 6.45) is -3.18. The van der Waals surface area contributed by atoms with Gasteiger partial charge in [-0.3, -0.25) is 4.79 Å². The van der Waals surface area contributed by atoms with Crippen LogP contribution in [-0.4, -0.2) is 169 Å². The van der Waals surface area contributed by atoms with E-state index >= 15 is 0 Å². The second-order valence-corrected chi connectivity index (χ2v) is 21.3. The number of carbonyl (C=O) groups is 1. The van der Waals surface area contributed by atoms with Gasteiger partial charge in [0.25, 0.3) is 0 Å². The lowest BCUT2D eigenvalue weighted by molar-refractivity contribution is -0.365. The zero-order chi connectivity index (χ0) is 46.9. The summed E-state index contributed by atoms with van der Waals surface area (Å²) in [6.45, 7) is 17.5. The maximum Gasteiger partial charge on any atom is 0.308 e. The van der Waals surface area contributed by atoms with Gasteiger partial charge >= 0.3 is 5.97 Å². The van der Waals surface area contributed by atoms with Gasteiger partial charge in [-0.1, -0.05) is 34.6 Å². The Labute approximate surface area is 379 Å². The van der Waals surface area contributed by atoms with Gasteiger partial charge in [-0.15, -0.1) is 0 Å². The molecule has 7 fully saturated rings. The quantitative estimate of drug-likeness (QED) is 0.203. The normalized spacial score (nSPS) is 54.1. The first-order valence-electron chi connectivity index (χ1n) is 23.8. The molecule has 0 bridgehead atoms. The predicted octanol–water partition coefficient (Wildman–Crippen LogP) is 4.32. The molecule has 7 saturated heterocycles. The lowest BCUT2D eigenvalue weighted by Crippen LogP contribution is -2.65. The third kappa shape index (κ3) is 9.46. The second-order valence-electron chi connectivity index (χ2n) is 21.3. The molecule has 64 heavy (non-hydrogen) atoms. The highest BCUT2D eigenvalue weighted by atomic mass is 16.7. The Hall–Kier alpha value is -1.13. The Morgan fingerprint density at radius 1 is 0.766 bits per heavy atom. The zero-order valence-corrected chi connectivity index (χ0v) is 40.4. The lowest BCUT2D eigenvalue weighted by atomic mass is 9.75. The largest absolute Gasteiger partial charge is 0.481 e.